The van der Waals surface area contributed by atoms with Crippen molar-refractivity contribution in [2.24, 2.45) is 5.10 Å². The van der Waals surface area contributed by atoms with Crippen LogP contribution in [0, 0.1) is 0 Å². The third-order valence-corrected chi connectivity index (χ3v) is 4.35. The lowest BCUT2D eigenvalue weighted by molar-refractivity contribution is 0.0220. The number of carbonyl (C=O) groups is 1. The van der Waals surface area contributed by atoms with Gasteiger partial charge in [0.15, 0.2) is 6.17 Å². The Balaban J connectivity index is 1.89. The number of hydrogen-bond acceptors (Lipinski definition) is 4. The molecule has 0 spiro atoms. The number of alkyl halides is 2. The van der Waals surface area contributed by atoms with Crippen LogP contribution in [0.4, 0.5) is 8.78 Å². The molecular weight excluding hydrogens is 372 g/mol. The average Bonchev–Trinajstić information content (AvgIpc) is 2.98. The fourth-order valence-corrected chi connectivity index (χ4v) is 3.25. The van der Waals surface area contributed by atoms with Gasteiger partial charge in [0.25, 0.3) is 11.8 Å². The van der Waals surface area contributed by atoms with Gasteiger partial charge in [-0.15, -0.1) is 0 Å². The lowest BCUT2D eigenvalue weighted by atomic mass is 10.1. The van der Waals surface area contributed by atoms with Crippen molar-refractivity contribution >= 4 is 32.2 Å². The minimum Gasteiger partial charge on any atom is -0.351 e. The van der Waals surface area contributed by atoms with E-state index < -0.39 is 18.4 Å². The Kier molecular flexibility index (Phi) is 3.70. The van der Waals surface area contributed by atoms with E-state index in [1.54, 1.807) is 11.1 Å². The normalized spacial score (nSPS) is 20.0. The molecule has 1 unspecified atom stereocenters. The summed E-state index contributed by atoms with van der Waals surface area (Å²) in [5.74, 6) is -2.69. The van der Waals surface area contributed by atoms with Gasteiger partial charge in [0.05, 0.1) is 12.2 Å². The van der Waals surface area contributed by atoms with Gasteiger partial charge in [0.1, 0.15) is 11.5 Å². The molecule has 9 heteroatoms. The molecule has 0 aliphatic carbocycles. The van der Waals surface area contributed by atoms with E-state index in [1.807, 2.05) is 25.1 Å². The molecular formula is C14H16BrF2N5O. The molecule has 1 aromatic heterocycles. The molecule has 1 atom stereocenters. The number of amidine groups is 1. The van der Waals surface area contributed by atoms with Crippen molar-refractivity contribution in [2.45, 2.75) is 25.9 Å². The highest BCUT2D eigenvalue weighted by atomic mass is 79.9. The van der Waals surface area contributed by atoms with Crippen LogP contribution >= 0.6 is 15.9 Å². The van der Waals surface area contributed by atoms with Crippen LogP contribution in [0.2, 0.25) is 0 Å². The summed E-state index contributed by atoms with van der Waals surface area (Å²) in [6.45, 7) is 1.94. The van der Waals surface area contributed by atoms with Gasteiger partial charge in [0, 0.05) is 30.2 Å². The Morgan fingerprint density at radius 2 is 2.26 bits per heavy atom. The molecule has 3 heterocycles. The number of aromatic nitrogens is 1. The molecule has 2 aliphatic rings. The SMILES string of the molecule is CC1=NN(C)C2c3[nH]c(C(=O)NCC(C)(F)F)cc3C(Br)=CN12. The molecule has 124 valence electrons. The summed E-state index contributed by atoms with van der Waals surface area (Å²) in [5, 5.41) is 8.39. The zero-order valence-corrected chi connectivity index (χ0v) is 14.4. The number of nitrogens with one attached hydrogen (secondary N) is 2. The van der Waals surface area contributed by atoms with Crippen LogP contribution in [0.5, 0.6) is 0 Å². The van der Waals surface area contributed by atoms with Crippen molar-refractivity contribution in [1.29, 1.82) is 0 Å². The van der Waals surface area contributed by atoms with Crippen LogP contribution in [0.1, 0.15) is 41.8 Å². The number of H-pyrrole nitrogens is 1. The lowest BCUT2D eigenvalue weighted by Crippen LogP contribution is -2.35. The van der Waals surface area contributed by atoms with E-state index in [2.05, 4.69) is 31.3 Å². The number of carbonyl (C=O) groups excluding carboxylic acids is 1. The molecule has 1 aromatic rings. The number of fused-ring (bicyclic) bond motifs is 3. The van der Waals surface area contributed by atoms with Gasteiger partial charge < -0.3 is 15.2 Å². The second-order valence-corrected chi connectivity index (χ2v) is 6.60. The zero-order chi connectivity index (χ0) is 16.9. The van der Waals surface area contributed by atoms with Gasteiger partial charge in [-0.2, -0.15) is 5.10 Å². The Labute approximate surface area is 140 Å². The number of rotatable bonds is 3. The number of amides is 1. The van der Waals surface area contributed by atoms with E-state index >= 15 is 0 Å². The second kappa shape index (κ2) is 5.33. The third-order valence-electron chi connectivity index (χ3n) is 3.71. The molecule has 1 amide bonds. The summed E-state index contributed by atoms with van der Waals surface area (Å²) in [4.78, 5) is 17.1. The Morgan fingerprint density at radius 3 is 2.91 bits per heavy atom. The Morgan fingerprint density at radius 1 is 1.57 bits per heavy atom. The van der Waals surface area contributed by atoms with Gasteiger partial charge in [-0.1, -0.05) is 0 Å². The van der Waals surface area contributed by atoms with Crippen molar-refractivity contribution < 1.29 is 13.6 Å². The van der Waals surface area contributed by atoms with Crippen molar-refractivity contribution in [3.05, 3.63) is 29.2 Å². The van der Waals surface area contributed by atoms with Gasteiger partial charge in [-0.25, -0.2) is 8.78 Å². The first-order valence-electron chi connectivity index (χ1n) is 7.00. The Bertz CT molecular complexity index is 721. The number of hydrazone groups is 1. The van der Waals surface area contributed by atoms with Crippen LogP contribution in [0.15, 0.2) is 17.4 Å². The highest BCUT2D eigenvalue weighted by molar-refractivity contribution is 9.15. The number of aromatic amines is 1. The molecule has 0 saturated heterocycles. The topological polar surface area (TPSA) is 63.7 Å². The average molecular weight is 388 g/mol. The van der Waals surface area contributed by atoms with Gasteiger partial charge in [-0.3, -0.25) is 9.80 Å². The molecule has 6 nitrogen and oxygen atoms in total. The summed E-state index contributed by atoms with van der Waals surface area (Å²) in [7, 11) is 1.84. The van der Waals surface area contributed by atoms with E-state index in [-0.39, 0.29) is 11.9 Å². The fraction of sp³-hybridized carbons (Fsp3) is 0.429. The first-order chi connectivity index (χ1) is 10.7. The fourth-order valence-electron chi connectivity index (χ4n) is 2.70. The van der Waals surface area contributed by atoms with E-state index in [0.29, 0.717) is 0 Å². The minimum absolute atomic E-state index is 0.180. The smallest absolute Gasteiger partial charge is 0.267 e. The Hall–Kier alpha value is -1.90. The van der Waals surface area contributed by atoms with Crippen LogP contribution in [0.25, 0.3) is 4.48 Å². The second-order valence-electron chi connectivity index (χ2n) is 5.74. The highest BCUT2D eigenvalue weighted by Gasteiger charge is 2.37. The summed E-state index contributed by atoms with van der Waals surface area (Å²) in [6.07, 6.45) is 1.71. The van der Waals surface area contributed by atoms with Crippen molar-refractivity contribution in [1.82, 2.24) is 20.2 Å². The minimum atomic E-state index is -2.95. The zero-order valence-electron chi connectivity index (χ0n) is 12.8. The first-order valence-corrected chi connectivity index (χ1v) is 7.79. The van der Waals surface area contributed by atoms with Crippen molar-refractivity contribution in [2.75, 3.05) is 13.6 Å². The summed E-state index contributed by atoms with van der Waals surface area (Å²) >= 11 is 3.48. The monoisotopic (exact) mass is 387 g/mol. The molecule has 3 rings (SSSR count). The number of hydrogen-bond donors (Lipinski definition) is 2. The molecule has 0 radical (unpaired) electrons. The first kappa shape index (κ1) is 16.0. The van der Waals surface area contributed by atoms with E-state index in [0.717, 1.165) is 28.5 Å². The van der Waals surface area contributed by atoms with Gasteiger partial charge >= 0.3 is 0 Å². The van der Waals surface area contributed by atoms with E-state index in [1.165, 1.54) is 0 Å². The van der Waals surface area contributed by atoms with Crippen LogP contribution in [0.3, 0.4) is 0 Å². The third kappa shape index (κ3) is 2.85. The van der Waals surface area contributed by atoms with Gasteiger partial charge in [0.2, 0.25) is 0 Å². The van der Waals surface area contributed by atoms with Gasteiger partial charge in [-0.05, 0) is 28.9 Å². The standard InChI is InChI=1S/C14H16BrF2N5O/c1-7-20-21(3)13-11-8(9(15)5-22(7)13)4-10(19-11)12(23)18-6-14(2,16)17/h4-5,13,19H,6H2,1-3H3,(H,18,23). The molecule has 2 N–H and O–H groups in total. The van der Waals surface area contributed by atoms with E-state index in [9.17, 15) is 13.6 Å². The predicted molar refractivity (Wildman–Crippen MR) is 86.1 cm³/mol. The van der Waals surface area contributed by atoms with E-state index in [4.69, 9.17) is 0 Å². The molecule has 0 fully saturated rings. The molecule has 0 aromatic carbocycles. The number of nitrogens with zero attached hydrogens (tertiary/aromatic N) is 3. The van der Waals surface area contributed by atoms with Crippen LogP contribution in [-0.2, 0) is 0 Å². The van der Waals surface area contributed by atoms with Crippen molar-refractivity contribution in [3.8, 4) is 0 Å². The van der Waals surface area contributed by atoms with Crippen LogP contribution in [-0.4, -0.2) is 46.2 Å². The molecule has 23 heavy (non-hydrogen) atoms. The molecule has 0 bridgehead atoms. The maximum atomic E-state index is 12.9. The number of halogens is 3. The summed E-state index contributed by atoms with van der Waals surface area (Å²) in [5.41, 5.74) is 1.84. The van der Waals surface area contributed by atoms with Crippen molar-refractivity contribution in [3.63, 3.8) is 0 Å². The highest BCUT2D eigenvalue weighted by Crippen LogP contribution is 2.41. The summed E-state index contributed by atoms with van der Waals surface area (Å²) in [6, 6.07) is 1.65. The maximum Gasteiger partial charge on any atom is 0.267 e. The lowest BCUT2D eigenvalue weighted by Gasteiger charge is -2.30. The molecule has 2 aliphatic heterocycles. The maximum absolute atomic E-state index is 12.9. The molecule has 0 saturated carbocycles. The summed E-state index contributed by atoms with van der Waals surface area (Å²) < 4.78 is 26.6. The van der Waals surface area contributed by atoms with Crippen LogP contribution < -0.4 is 5.32 Å². The predicted octanol–water partition coefficient (Wildman–Crippen LogP) is 2.69. The largest absolute Gasteiger partial charge is 0.351 e. The quantitative estimate of drug-likeness (QED) is 0.837.